The molecule has 0 spiro atoms. The Kier molecular flexibility index (Phi) is 8.17. The molecule has 0 atom stereocenters. The molecule has 6 heteroatoms. The van der Waals surface area contributed by atoms with E-state index in [1.54, 1.807) is 32.7 Å². The third-order valence-electron chi connectivity index (χ3n) is 3.02. The summed E-state index contributed by atoms with van der Waals surface area (Å²) >= 11 is 0. The number of carbonyl (C=O) groups excluding carboxylic acids is 3. The second-order valence-corrected chi connectivity index (χ2v) is 6.14. The fraction of sp³-hybridized carbons (Fsp3) is 0.800. The molecule has 0 saturated heterocycles. The zero-order valence-electron chi connectivity index (χ0n) is 14.0. The number of amides is 1. The number of carbonyl (C=O) groups is 3. The molecule has 0 fully saturated rings. The van der Waals surface area contributed by atoms with Crippen LogP contribution in [0.2, 0.25) is 0 Å². The van der Waals surface area contributed by atoms with Crippen LogP contribution in [0.3, 0.4) is 0 Å². The summed E-state index contributed by atoms with van der Waals surface area (Å²) in [4.78, 5) is 37.2. The highest BCUT2D eigenvalue weighted by atomic mass is 16.5. The number of Topliss-reactive ketones (excluding diaryl/α,β-unsaturated/α-hetero) is 1. The predicted octanol–water partition coefficient (Wildman–Crippen LogP) is 0.849. The third-order valence-corrected chi connectivity index (χ3v) is 3.02. The number of nitrogens with zero attached hydrogens (tertiary/aromatic N) is 1. The third kappa shape index (κ3) is 7.22. The fourth-order valence-corrected chi connectivity index (χ4v) is 1.54. The first kappa shape index (κ1) is 19.6. The van der Waals surface area contributed by atoms with E-state index >= 15 is 0 Å². The molecule has 0 unspecified atom stereocenters. The molecule has 122 valence electrons. The standard InChI is InChI=1S/C15H28N2O4/c1-7-21-14(20)15(4,5)12(18)9-17(6)10-13(19)16-8-11(2)3/h11H,7-10H2,1-6H3,(H,16,19). The van der Waals surface area contributed by atoms with Gasteiger partial charge in [0.25, 0.3) is 0 Å². The van der Waals surface area contributed by atoms with Crippen molar-refractivity contribution in [1.29, 1.82) is 0 Å². The maximum Gasteiger partial charge on any atom is 0.319 e. The molecule has 0 aliphatic carbocycles. The zero-order chi connectivity index (χ0) is 16.6. The minimum Gasteiger partial charge on any atom is -0.465 e. The summed E-state index contributed by atoms with van der Waals surface area (Å²) in [7, 11) is 1.67. The van der Waals surface area contributed by atoms with Crippen LogP contribution in [0.5, 0.6) is 0 Å². The van der Waals surface area contributed by atoms with Gasteiger partial charge in [-0.1, -0.05) is 13.8 Å². The highest BCUT2D eigenvalue weighted by molar-refractivity contribution is 6.04. The molecule has 0 aromatic rings. The van der Waals surface area contributed by atoms with E-state index in [1.165, 1.54) is 0 Å². The lowest BCUT2D eigenvalue weighted by molar-refractivity contribution is -0.158. The minimum atomic E-state index is -1.20. The van der Waals surface area contributed by atoms with Gasteiger partial charge in [0.1, 0.15) is 5.41 Å². The molecule has 0 aromatic heterocycles. The molecule has 21 heavy (non-hydrogen) atoms. The number of hydrogen-bond acceptors (Lipinski definition) is 5. The van der Waals surface area contributed by atoms with Crippen LogP contribution in [-0.4, -0.2) is 55.8 Å². The van der Waals surface area contributed by atoms with Crippen LogP contribution in [0.25, 0.3) is 0 Å². The van der Waals surface area contributed by atoms with Gasteiger partial charge in [-0.15, -0.1) is 0 Å². The normalized spacial score (nSPS) is 11.6. The Balaban J connectivity index is 4.37. The second kappa shape index (κ2) is 8.77. The van der Waals surface area contributed by atoms with E-state index in [0.29, 0.717) is 12.5 Å². The fourth-order valence-electron chi connectivity index (χ4n) is 1.54. The van der Waals surface area contributed by atoms with E-state index in [4.69, 9.17) is 4.74 Å². The van der Waals surface area contributed by atoms with Crippen molar-refractivity contribution in [3.8, 4) is 0 Å². The number of rotatable bonds is 9. The summed E-state index contributed by atoms with van der Waals surface area (Å²) < 4.78 is 4.90. The van der Waals surface area contributed by atoms with Gasteiger partial charge < -0.3 is 10.1 Å². The van der Waals surface area contributed by atoms with E-state index in [2.05, 4.69) is 5.32 Å². The SMILES string of the molecule is CCOC(=O)C(C)(C)C(=O)CN(C)CC(=O)NCC(C)C. The van der Waals surface area contributed by atoms with Gasteiger partial charge in [-0.3, -0.25) is 19.3 Å². The molecular weight excluding hydrogens is 272 g/mol. The summed E-state index contributed by atoms with van der Waals surface area (Å²) in [6.07, 6.45) is 0. The van der Waals surface area contributed by atoms with Crippen LogP contribution in [-0.2, 0) is 19.1 Å². The number of ether oxygens (including phenoxy) is 1. The molecule has 0 heterocycles. The van der Waals surface area contributed by atoms with Crippen molar-refractivity contribution in [2.75, 3.05) is 33.3 Å². The topological polar surface area (TPSA) is 75.7 Å². The average Bonchev–Trinajstić information content (AvgIpc) is 2.36. The van der Waals surface area contributed by atoms with Gasteiger partial charge in [0.05, 0.1) is 19.7 Å². The van der Waals surface area contributed by atoms with Gasteiger partial charge in [0.15, 0.2) is 5.78 Å². The lowest BCUT2D eigenvalue weighted by atomic mass is 9.88. The Morgan fingerprint density at radius 2 is 1.76 bits per heavy atom. The minimum absolute atomic E-state index is 0.0287. The average molecular weight is 300 g/mol. The number of nitrogens with one attached hydrogen (secondary N) is 1. The van der Waals surface area contributed by atoms with Crippen LogP contribution in [0, 0.1) is 11.3 Å². The molecule has 0 radical (unpaired) electrons. The van der Waals surface area contributed by atoms with Crippen LogP contribution in [0.1, 0.15) is 34.6 Å². The Labute approximate surface area is 127 Å². The van der Waals surface area contributed by atoms with Gasteiger partial charge in [-0.2, -0.15) is 0 Å². The van der Waals surface area contributed by atoms with E-state index in [1.807, 2.05) is 13.8 Å². The summed E-state index contributed by atoms with van der Waals surface area (Å²) in [6.45, 7) is 9.80. The maximum atomic E-state index is 12.2. The monoisotopic (exact) mass is 300 g/mol. The van der Waals surface area contributed by atoms with Crippen LogP contribution >= 0.6 is 0 Å². The van der Waals surface area contributed by atoms with Crippen molar-refractivity contribution in [3.05, 3.63) is 0 Å². The lowest BCUT2D eigenvalue weighted by Crippen LogP contribution is -2.44. The van der Waals surface area contributed by atoms with E-state index in [-0.39, 0.29) is 31.4 Å². The molecule has 0 aliphatic heterocycles. The maximum absolute atomic E-state index is 12.2. The van der Waals surface area contributed by atoms with Crippen molar-refractivity contribution in [1.82, 2.24) is 10.2 Å². The molecular formula is C15H28N2O4. The quantitative estimate of drug-likeness (QED) is 0.504. The summed E-state index contributed by atoms with van der Waals surface area (Å²) in [5.41, 5.74) is -1.20. The van der Waals surface area contributed by atoms with E-state index in [0.717, 1.165) is 0 Å². The molecule has 1 amide bonds. The van der Waals surface area contributed by atoms with Gasteiger partial charge in [-0.05, 0) is 33.7 Å². The first-order valence-corrected chi connectivity index (χ1v) is 7.27. The van der Waals surface area contributed by atoms with Gasteiger partial charge >= 0.3 is 5.97 Å². The van der Waals surface area contributed by atoms with Crippen molar-refractivity contribution >= 4 is 17.7 Å². The van der Waals surface area contributed by atoms with Gasteiger partial charge in [0.2, 0.25) is 5.91 Å². The Bertz CT molecular complexity index is 378. The molecule has 1 N–H and O–H groups in total. The summed E-state index contributed by atoms with van der Waals surface area (Å²) in [5.74, 6) is -0.552. The Hall–Kier alpha value is -1.43. The summed E-state index contributed by atoms with van der Waals surface area (Å²) in [5, 5.41) is 2.78. The molecule has 0 bridgehead atoms. The van der Waals surface area contributed by atoms with Gasteiger partial charge in [0, 0.05) is 6.54 Å². The second-order valence-electron chi connectivity index (χ2n) is 6.14. The highest BCUT2D eigenvalue weighted by Crippen LogP contribution is 2.19. The predicted molar refractivity (Wildman–Crippen MR) is 80.8 cm³/mol. The molecule has 0 aromatic carbocycles. The molecule has 0 aliphatic rings. The first-order valence-electron chi connectivity index (χ1n) is 7.27. The smallest absolute Gasteiger partial charge is 0.319 e. The van der Waals surface area contributed by atoms with Crippen LogP contribution in [0.15, 0.2) is 0 Å². The zero-order valence-corrected chi connectivity index (χ0v) is 14.0. The van der Waals surface area contributed by atoms with Crippen molar-refractivity contribution in [3.63, 3.8) is 0 Å². The van der Waals surface area contributed by atoms with E-state index < -0.39 is 11.4 Å². The Morgan fingerprint density at radius 1 is 1.19 bits per heavy atom. The van der Waals surface area contributed by atoms with Crippen molar-refractivity contribution in [2.24, 2.45) is 11.3 Å². The largest absolute Gasteiger partial charge is 0.465 e. The van der Waals surface area contributed by atoms with Crippen molar-refractivity contribution < 1.29 is 19.1 Å². The van der Waals surface area contributed by atoms with Gasteiger partial charge in [-0.25, -0.2) is 0 Å². The number of likely N-dealkylation sites (N-methyl/N-ethyl adjacent to an activating group) is 1. The summed E-state index contributed by atoms with van der Waals surface area (Å²) in [6, 6.07) is 0. The van der Waals surface area contributed by atoms with Crippen LogP contribution in [0.4, 0.5) is 0 Å². The first-order chi connectivity index (χ1) is 9.61. The number of esters is 1. The number of hydrogen-bond donors (Lipinski definition) is 1. The molecule has 0 saturated carbocycles. The van der Waals surface area contributed by atoms with E-state index in [9.17, 15) is 14.4 Å². The molecule has 0 rings (SSSR count). The lowest BCUT2D eigenvalue weighted by Gasteiger charge is -2.24. The number of ketones is 1. The Morgan fingerprint density at radius 3 is 2.24 bits per heavy atom. The van der Waals surface area contributed by atoms with Crippen molar-refractivity contribution in [2.45, 2.75) is 34.6 Å². The van der Waals surface area contributed by atoms with Crippen LogP contribution < -0.4 is 5.32 Å². The molecule has 6 nitrogen and oxygen atoms in total. The highest BCUT2D eigenvalue weighted by Gasteiger charge is 2.37.